The highest BCUT2D eigenvalue weighted by molar-refractivity contribution is 4.74. The van der Waals surface area contributed by atoms with Crippen LogP contribution in [0, 0.1) is 0 Å². The Balaban J connectivity index is 2.17. The molecule has 1 saturated carbocycles. The van der Waals surface area contributed by atoms with Gasteiger partial charge in [0, 0.05) is 0 Å². The Morgan fingerprint density at radius 1 is 0.714 bits per heavy atom. The molecular weight excluding hydrogens is 176 g/mol. The lowest BCUT2D eigenvalue weighted by Crippen LogP contribution is -2.29. The number of hydrogen-bond donors (Lipinski definition) is 0. The van der Waals surface area contributed by atoms with Crippen molar-refractivity contribution < 1.29 is 9.47 Å². The van der Waals surface area contributed by atoms with Crippen molar-refractivity contribution in [2.75, 3.05) is 0 Å². The number of hydrogen-bond acceptors (Lipinski definition) is 2. The van der Waals surface area contributed by atoms with E-state index in [0.717, 1.165) is 25.7 Å². The van der Waals surface area contributed by atoms with E-state index in [2.05, 4.69) is 27.7 Å². The Labute approximate surface area is 88.0 Å². The van der Waals surface area contributed by atoms with E-state index < -0.39 is 0 Å². The van der Waals surface area contributed by atoms with Crippen molar-refractivity contribution in [3.8, 4) is 0 Å². The molecule has 84 valence electrons. The monoisotopic (exact) mass is 200 g/mol. The molecule has 0 atom stereocenters. The molecule has 0 N–H and O–H groups in total. The summed E-state index contributed by atoms with van der Waals surface area (Å²) in [4.78, 5) is 0. The van der Waals surface area contributed by atoms with E-state index in [1.165, 1.54) is 0 Å². The maximum atomic E-state index is 5.79. The van der Waals surface area contributed by atoms with Gasteiger partial charge in [-0.15, -0.1) is 0 Å². The van der Waals surface area contributed by atoms with Gasteiger partial charge in [-0.2, -0.15) is 0 Å². The molecule has 1 aliphatic carbocycles. The summed E-state index contributed by atoms with van der Waals surface area (Å²) < 4.78 is 11.6. The summed E-state index contributed by atoms with van der Waals surface area (Å²) in [5.74, 6) is 0. The van der Waals surface area contributed by atoms with Gasteiger partial charge in [0.2, 0.25) is 0 Å². The molecule has 0 aromatic carbocycles. The Morgan fingerprint density at radius 3 is 1.21 bits per heavy atom. The normalized spacial score (nSPS) is 28.7. The summed E-state index contributed by atoms with van der Waals surface area (Å²) in [7, 11) is 0. The molecular formula is C12H24O2. The molecule has 0 spiro atoms. The highest BCUT2D eigenvalue weighted by Gasteiger charge is 2.23. The largest absolute Gasteiger partial charge is 0.376 e. The van der Waals surface area contributed by atoms with Gasteiger partial charge in [-0.25, -0.2) is 0 Å². The predicted octanol–water partition coefficient (Wildman–Crippen LogP) is 3.15. The zero-order valence-corrected chi connectivity index (χ0v) is 9.95. The zero-order valence-electron chi connectivity index (χ0n) is 9.95. The predicted molar refractivity (Wildman–Crippen MR) is 58.5 cm³/mol. The molecule has 2 nitrogen and oxygen atoms in total. The average molecular weight is 200 g/mol. The molecule has 0 aromatic heterocycles. The lowest BCUT2D eigenvalue weighted by atomic mass is 9.94. The van der Waals surface area contributed by atoms with E-state index in [9.17, 15) is 0 Å². The minimum absolute atomic E-state index is 0.363. The van der Waals surface area contributed by atoms with Crippen molar-refractivity contribution in [3.63, 3.8) is 0 Å². The zero-order chi connectivity index (χ0) is 10.6. The van der Waals surface area contributed by atoms with Gasteiger partial charge < -0.3 is 9.47 Å². The van der Waals surface area contributed by atoms with Gasteiger partial charge in [0.05, 0.1) is 24.4 Å². The first-order valence-corrected chi connectivity index (χ1v) is 5.89. The van der Waals surface area contributed by atoms with Crippen LogP contribution >= 0.6 is 0 Å². The van der Waals surface area contributed by atoms with Crippen molar-refractivity contribution >= 4 is 0 Å². The molecule has 14 heavy (non-hydrogen) atoms. The molecule has 0 bridgehead atoms. The highest BCUT2D eigenvalue weighted by Crippen LogP contribution is 2.24. The summed E-state index contributed by atoms with van der Waals surface area (Å²) in [6.45, 7) is 8.43. The van der Waals surface area contributed by atoms with E-state index in [-0.39, 0.29) is 0 Å². The lowest BCUT2D eigenvalue weighted by Gasteiger charge is -2.30. The third kappa shape index (κ3) is 4.43. The minimum atomic E-state index is 0.363. The van der Waals surface area contributed by atoms with Gasteiger partial charge in [-0.3, -0.25) is 0 Å². The Morgan fingerprint density at radius 2 is 1.00 bits per heavy atom. The molecule has 1 fully saturated rings. The Kier molecular flexibility index (Phi) is 4.90. The van der Waals surface area contributed by atoms with Crippen molar-refractivity contribution in [2.24, 2.45) is 0 Å². The maximum absolute atomic E-state index is 5.79. The second-order valence-electron chi connectivity index (χ2n) is 4.77. The topological polar surface area (TPSA) is 18.5 Å². The second-order valence-corrected chi connectivity index (χ2v) is 4.77. The molecule has 1 rings (SSSR count). The van der Waals surface area contributed by atoms with Crippen LogP contribution in [0.25, 0.3) is 0 Å². The summed E-state index contributed by atoms with van der Waals surface area (Å²) in [6.07, 6.45) is 6.32. The van der Waals surface area contributed by atoms with E-state index in [1.807, 2.05) is 0 Å². The molecule has 1 aliphatic rings. The van der Waals surface area contributed by atoms with Crippen LogP contribution in [-0.2, 0) is 9.47 Å². The van der Waals surface area contributed by atoms with Crippen LogP contribution in [-0.4, -0.2) is 24.4 Å². The molecule has 0 aromatic rings. The van der Waals surface area contributed by atoms with Crippen molar-refractivity contribution in [1.82, 2.24) is 0 Å². The molecule has 0 aliphatic heterocycles. The summed E-state index contributed by atoms with van der Waals surface area (Å²) in [5, 5.41) is 0. The van der Waals surface area contributed by atoms with Crippen LogP contribution in [0.3, 0.4) is 0 Å². The standard InChI is InChI=1S/C12H24O2/c1-9(2)13-11-5-7-12(8-6-11)14-10(3)4/h9-12H,5-8H2,1-4H3. The highest BCUT2D eigenvalue weighted by atomic mass is 16.5. The Hall–Kier alpha value is -0.0800. The van der Waals surface area contributed by atoms with Gasteiger partial charge in [-0.05, 0) is 53.4 Å². The summed E-state index contributed by atoms with van der Waals surface area (Å²) in [5.41, 5.74) is 0. The fourth-order valence-corrected chi connectivity index (χ4v) is 2.07. The average Bonchev–Trinajstić information content (AvgIpc) is 2.06. The molecule has 0 heterocycles. The SMILES string of the molecule is CC(C)OC1CCC(OC(C)C)CC1. The second kappa shape index (κ2) is 5.72. The third-order valence-electron chi connectivity index (χ3n) is 2.55. The summed E-state index contributed by atoms with van der Waals surface area (Å²) >= 11 is 0. The fraction of sp³-hybridized carbons (Fsp3) is 1.00. The van der Waals surface area contributed by atoms with Crippen LogP contribution in [0.4, 0.5) is 0 Å². The fourth-order valence-electron chi connectivity index (χ4n) is 2.07. The molecule has 0 unspecified atom stereocenters. The van der Waals surface area contributed by atoms with Gasteiger partial charge in [0.1, 0.15) is 0 Å². The van der Waals surface area contributed by atoms with E-state index in [4.69, 9.17) is 9.47 Å². The van der Waals surface area contributed by atoms with E-state index in [1.54, 1.807) is 0 Å². The summed E-state index contributed by atoms with van der Waals surface area (Å²) in [6, 6.07) is 0. The maximum Gasteiger partial charge on any atom is 0.0580 e. The van der Waals surface area contributed by atoms with Crippen molar-refractivity contribution in [3.05, 3.63) is 0 Å². The third-order valence-corrected chi connectivity index (χ3v) is 2.55. The smallest absolute Gasteiger partial charge is 0.0580 e. The van der Waals surface area contributed by atoms with Crippen molar-refractivity contribution in [2.45, 2.75) is 77.8 Å². The minimum Gasteiger partial charge on any atom is -0.376 e. The van der Waals surface area contributed by atoms with Crippen LogP contribution in [0.5, 0.6) is 0 Å². The van der Waals surface area contributed by atoms with Gasteiger partial charge in [-0.1, -0.05) is 0 Å². The molecule has 2 heteroatoms. The van der Waals surface area contributed by atoms with Gasteiger partial charge >= 0.3 is 0 Å². The Bertz CT molecular complexity index is 128. The van der Waals surface area contributed by atoms with Crippen LogP contribution in [0.1, 0.15) is 53.4 Å². The van der Waals surface area contributed by atoms with Crippen molar-refractivity contribution in [1.29, 1.82) is 0 Å². The lowest BCUT2D eigenvalue weighted by molar-refractivity contribution is -0.0657. The van der Waals surface area contributed by atoms with Gasteiger partial charge in [0.25, 0.3) is 0 Å². The quantitative estimate of drug-likeness (QED) is 0.694. The van der Waals surface area contributed by atoms with Gasteiger partial charge in [0.15, 0.2) is 0 Å². The molecule has 0 radical (unpaired) electrons. The first-order valence-electron chi connectivity index (χ1n) is 5.89. The van der Waals surface area contributed by atoms with Crippen LogP contribution < -0.4 is 0 Å². The number of rotatable bonds is 4. The van der Waals surface area contributed by atoms with E-state index >= 15 is 0 Å². The van der Waals surface area contributed by atoms with E-state index in [0.29, 0.717) is 24.4 Å². The molecule has 0 saturated heterocycles. The number of ether oxygens (including phenoxy) is 2. The van der Waals surface area contributed by atoms with Crippen LogP contribution in [0.15, 0.2) is 0 Å². The molecule has 0 amide bonds. The first kappa shape index (κ1) is 12.0. The van der Waals surface area contributed by atoms with Crippen LogP contribution in [0.2, 0.25) is 0 Å². The first-order chi connectivity index (χ1) is 6.58.